The Morgan fingerprint density at radius 1 is 1.20 bits per heavy atom. The number of ether oxygens (including phenoxy) is 1. The summed E-state index contributed by atoms with van der Waals surface area (Å²) in [6, 6.07) is 2.24. The molecule has 45 heavy (non-hydrogen) atoms. The van der Waals surface area contributed by atoms with E-state index in [4.69, 9.17) is 21.3 Å². The van der Waals surface area contributed by atoms with Gasteiger partial charge in [-0.05, 0) is 32.4 Å². The molecule has 3 saturated heterocycles. The number of urea groups is 1. The molecular formula is C30H35ClFN7O5S. The number of esters is 1. The third-order valence-corrected chi connectivity index (χ3v) is 10.1. The second kappa shape index (κ2) is 12.7. The van der Waals surface area contributed by atoms with Crippen molar-refractivity contribution in [2.24, 2.45) is 4.99 Å². The predicted octanol–water partition coefficient (Wildman–Crippen LogP) is 2.81. The highest BCUT2D eigenvalue weighted by atomic mass is 35.5. The number of rotatable bonds is 8. The average Bonchev–Trinajstić information content (AvgIpc) is 3.76. The summed E-state index contributed by atoms with van der Waals surface area (Å²) in [4.78, 5) is 55.8. The monoisotopic (exact) mass is 659 g/mol. The Kier molecular flexibility index (Phi) is 8.83. The van der Waals surface area contributed by atoms with Crippen LogP contribution in [0.15, 0.2) is 46.0 Å². The first-order valence-corrected chi connectivity index (χ1v) is 16.1. The van der Waals surface area contributed by atoms with Gasteiger partial charge < -0.3 is 25.0 Å². The van der Waals surface area contributed by atoms with Gasteiger partial charge in [-0.2, -0.15) is 0 Å². The van der Waals surface area contributed by atoms with E-state index < -0.39 is 29.8 Å². The van der Waals surface area contributed by atoms with Crippen molar-refractivity contribution in [3.05, 3.63) is 62.5 Å². The smallest absolute Gasteiger partial charge is 0.338 e. The first kappa shape index (κ1) is 31.4. The van der Waals surface area contributed by atoms with E-state index in [2.05, 4.69) is 15.2 Å². The lowest BCUT2D eigenvalue weighted by atomic mass is 9.95. The van der Waals surface area contributed by atoms with Crippen molar-refractivity contribution in [3.8, 4) is 0 Å². The predicted molar refractivity (Wildman–Crippen MR) is 166 cm³/mol. The van der Waals surface area contributed by atoms with E-state index in [1.165, 1.54) is 36.6 Å². The molecule has 4 atom stereocenters. The number of piperazine rings is 1. The number of carbonyl (C=O) groups is 3. The van der Waals surface area contributed by atoms with Gasteiger partial charge in [0.1, 0.15) is 17.9 Å². The average molecular weight is 660 g/mol. The first-order chi connectivity index (χ1) is 21.5. The van der Waals surface area contributed by atoms with Gasteiger partial charge in [-0.15, -0.1) is 11.3 Å². The molecule has 15 heteroatoms. The summed E-state index contributed by atoms with van der Waals surface area (Å²) in [7, 11) is 1.30. The van der Waals surface area contributed by atoms with Crippen molar-refractivity contribution < 1.29 is 28.6 Å². The van der Waals surface area contributed by atoms with E-state index in [9.17, 15) is 23.9 Å². The van der Waals surface area contributed by atoms with Crippen molar-refractivity contribution in [3.63, 3.8) is 0 Å². The number of aromatic nitrogens is 1. The van der Waals surface area contributed by atoms with Crippen LogP contribution in [0.2, 0.25) is 5.02 Å². The fourth-order valence-corrected chi connectivity index (χ4v) is 7.67. The fourth-order valence-electron chi connectivity index (χ4n) is 6.82. The lowest BCUT2D eigenvalue weighted by molar-refractivity contribution is -0.142. The Labute approximate surface area is 269 Å². The summed E-state index contributed by atoms with van der Waals surface area (Å²) >= 11 is 7.86. The maximum absolute atomic E-state index is 14.0. The minimum Gasteiger partial charge on any atom is -0.480 e. The van der Waals surface area contributed by atoms with E-state index >= 15 is 0 Å². The summed E-state index contributed by atoms with van der Waals surface area (Å²) in [5.74, 6) is -1.49. The van der Waals surface area contributed by atoms with Crippen LogP contribution in [0.25, 0.3) is 0 Å². The molecule has 3 fully saturated rings. The molecule has 2 unspecified atom stereocenters. The van der Waals surface area contributed by atoms with Crippen molar-refractivity contribution in [2.45, 2.75) is 50.5 Å². The Morgan fingerprint density at radius 2 is 2.00 bits per heavy atom. The Balaban J connectivity index is 1.25. The molecule has 0 spiro atoms. The van der Waals surface area contributed by atoms with Gasteiger partial charge in [0.05, 0.1) is 18.7 Å². The minimum absolute atomic E-state index is 0.0542. The van der Waals surface area contributed by atoms with Crippen LogP contribution in [0.1, 0.15) is 36.9 Å². The summed E-state index contributed by atoms with van der Waals surface area (Å²) in [5.41, 5.74) is 1.28. The molecule has 4 aliphatic heterocycles. The molecule has 0 aliphatic carbocycles. The highest BCUT2D eigenvalue weighted by molar-refractivity contribution is 7.11. The molecule has 4 aliphatic rings. The summed E-state index contributed by atoms with van der Waals surface area (Å²) in [6.07, 6.45) is 2.06. The molecular weight excluding hydrogens is 625 g/mol. The number of thiazole rings is 1. The molecule has 2 aromatic rings. The molecule has 0 radical (unpaired) electrons. The zero-order chi connectivity index (χ0) is 32.0. The number of nitrogens with zero attached hydrogens (tertiary/aromatic N) is 6. The topological polar surface area (TPSA) is 131 Å². The molecule has 2 amide bonds. The third kappa shape index (κ3) is 6.03. The molecule has 6 rings (SSSR count). The number of hydrogen-bond donors (Lipinski definition) is 2. The van der Waals surface area contributed by atoms with E-state index in [1.54, 1.807) is 6.20 Å². The fraction of sp³-hybridized carbons (Fsp3) is 0.500. The molecule has 1 aromatic heterocycles. The molecule has 0 bridgehead atoms. The number of halogens is 2. The number of nitrogens with one attached hydrogen (secondary N) is 1. The van der Waals surface area contributed by atoms with E-state index in [0.717, 1.165) is 0 Å². The number of methoxy groups -OCH3 is 1. The van der Waals surface area contributed by atoms with Crippen LogP contribution < -0.4 is 5.32 Å². The van der Waals surface area contributed by atoms with Crippen LogP contribution in [0.3, 0.4) is 0 Å². The van der Waals surface area contributed by atoms with Gasteiger partial charge >= 0.3 is 18.0 Å². The normalized spacial score (nSPS) is 25.9. The summed E-state index contributed by atoms with van der Waals surface area (Å²) in [6.45, 7) is 6.89. The van der Waals surface area contributed by atoms with Crippen molar-refractivity contribution in [2.75, 3.05) is 46.4 Å². The van der Waals surface area contributed by atoms with Gasteiger partial charge in [0.25, 0.3) is 0 Å². The lowest BCUT2D eigenvalue weighted by Crippen LogP contribution is -2.53. The van der Waals surface area contributed by atoms with Gasteiger partial charge in [-0.3, -0.25) is 19.6 Å². The first-order valence-electron chi connectivity index (χ1n) is 14.8. The number of fused-ring (bicyclic) bond motifs is 1. The third-order valence-electron chi connectivity index (χ3n) is 8.98. The molecule has 1 aromatic carbocycles. The second-order valence-electron chi connectivity index (χ2n) is 11.9. The highest BCUT2D eigenvalue weighted by Crippen LogP contribution is 2.37. The van der Waals surface area contributed by atoms with Crippen LogP contribution in [0, 0.1) is 5.82 Å². The van der Waals surface area contributed by atoms with Gasteiger partial charge in [0, 0.05) is 79.2 Å². The van der Waals surface area contributed by atoms with Crippen LogP contribution in [0.5, 0.6) is 0 Å². The van der Waals surface area contributed by atoms with Crippen LogP contribution in [-0.2, 0) is 14.3 Å². The van der Waals surface area contributed by atoms with E-state index in [0.29, 0.717) is 67.8 Å². The number of carbonyl (C=O) groups excluding carboxylic acids is 2. The van der Waals surface area contributed by atoms with Crippen LogP contribution >= 0.6 is 22.9 Å². The number of aliphatic carboxylic acids is 1. The van der Waals surface area contributed by atoms with Gasteiger partial charge in [0.2, 0.25) is 0 Å². The van der Waals surface area contributed by atoms with Crippen molar-refractivity contribution in [1.29, 1.82) is 0 Å². The van der Waals surface area contributed by atoms with Gasteiger partial charge in [-0.1, -0.05) is 17.7 Å². The Hall–Kier alpha value is -3.59. The zero-order valence-corrected chi connectivity index (χ0v) is 26.7. The van der Waals surface area contributed by atoms with Crippen molar-refractivity contribution >= 4 is 46.7 Å². The minimum atomic E-state index is -0.864. The largest absolute Gasteiger partial charge is 0.480 e. The van der Waals surface area contributed by atoms with Gasteiger partial charge in [-0.25, -0.2) is 19.0 Å². The number of amidine groups is 1. The standard InChI is InChI=1S/C30H35ClFN7O5S/c1-16(2)38-13-18(11-23(38)28(40)41)39-14-19-12-36(7-8-37(19)30(39)43)15-22-24(29(42)44-3)25(20-5-4-17(32)10-21(20)31)35-26(34-22)27-33-6-9-45-27/h4-6,9-10,16,18-19,23,25H,7-8,11-15H2,1-3H3,(H,34,35)(H,40,41)/t18?,19?,23-,25+/m1/s1. The molecule has 12 nitrogen and oxygen atoms in total. The van der Waals surface area contributed by atoms with E-state index in [-0.39, 0.29) is 34.8 Å². The lowest BCUT2D eigenvalue weighted by Gasteiger charge is -2.38. The SMILES string of the molecule is COC(=O)C1=C(CN2CCN3C(=O)N(C4C[C@H](C(=O)O)N(C(C)C)C4)CC3C2)NC(c2nccs2)=N[C@H]1c1ccc(F)cc1Cl. The molecule has 240 valence electrons. The number of hydrogen-bond acceptors (Lipinski definition) is 10. The highest BCUT2D eigenvalue weighted by Gasteiger charge is 2.48. The quantitative estimate of drug-likeness (QED) is 0.411. The molecule has 0 saturated carbocycles. The number of carboxylic acid groups (broad SMARTS) is 1. The number of likely N-dealkylation sites (tertiary alicyclic amines) is 1. The molecule has 5 heterocycles. The maximum atomic E-state index is 14.0. The van der Waals surface area contributed by atoms with E-state index in [1.807, 2.05) is 33.9 Å². The van der Waals surface area contributed by atoms with Crippen molar-refractivity contribution in [1.82, 2.24) is 29.9 Å². The van der Waals surface area contributed by atoms with Gasteiger partial charge in [0.15, 0.2) is 10.8 Å². The number of amides is 2. The number of carboxylic acids is 1. The number of benzene rings is 1. The zero-order valence-electron chi connectivity index (χ0n) is 25.2. The summed E-state index contributed by atoms with van der Waals surface area (Å²) in [5, 5.41) is 15.7. The maximum Gasteiger partial charge on any atom is 0.338 e. The number of aliphatic imine (C=N–C) groups is 1. The Morgan fingerprint density at radius 3 is 2.64 bits per heavy atom. The van der Waals surface area contributed by atoms with Crippen LogP contribution in [-0.4, -0.2) is 124 Å². The summed E-state index contributed by atoms with van der Waals surface area (Å²) < 4.78 is 19.2. The molecule has 2 N–H and O–H groups in total. The second-order valence-corrected chi connectivity index (χ2v) is 13.2. The Bertz CT molecular complexity index is 1550. The van der Waals surface area contributed by atoms with Crippen LogP contribution in [0.4, 0.5) is 9.18 Å².